The third kappa shape index (κ3) is 5.59. The number of hydrogen-bond donors (Lipinski definition) is 1. The molecule has 2 unspecified atom stereocenters. The summed E-state index contributed by atoms with van der Waals surface area (Å²) >= 11 is 0. The molecule has 0 radical (unpaired) electrons. The molecule has 2 atom stereocenters. The van der Waals surface area contributed by atoms with E-state index in [0.29, 0.717) is 11.1 Å². The van der Waals surface area contributed by atoms with Crippen molar-refractivity contribution < 1.29 is 14.6 Å². The highest BCUT2D eigenvalue weighted by molar-refractivity contribution is 5.86. The number of benzene rings is 2. The largest absolute Gasteiger partial charge is 0.459 e. The van der Waals surface area contributed by atoms with Gasteiger partial charge in [-0.15, -0.1) is 12.4 Å². The molecule has 158 valence electrons. The lowest BCUT2D eigenvalue weighted by molar-refractivity contribution is -0.171. The van der Waals surface area contributed by atoms with Crippen molar-refractivity contribution in [3.8, 4) is 0 Å². The molecular formula is C24H32ClNO3. The van der Waals surface area contributed by atoms with Crippen molar-refractivity contribution in [3.05, 3.63) is 71.8 Å². The molecule has 29 heavy (non-hydrogen) atoms. The van der Waals surface area contributed by atoms with E-state index in [9.17, 15) is 9.90 Å². The monoisotopic (exact) mass is 417 g/mol. The van der Waals surface area contributed by atoms with Crippen LogP contribution in [0.1, 0.15) is 43.2 Å². The number of hydrogen-bond acceptors (Lipinski definition) is 4. The van der Waals surface area contributed by atoms with Gasteiger partial charge in [0, 0.05) is 12.5 Å². The van der Waals surface area contributed by atoms with Crippen LogP contribution in [0.15, 0.2) is 60.7 Å². The van der Waals surface area contributed by atoms with Crippen molar-refractivity contribution in [3.63, 3.8) is 0 Å². The molecule has 0 amide bonds. The van der Waals surface area contributed by atoms with Crippen LogP contribution in [0.5, 0.6) is 0 Å². The number of carbonyl (C=O) groups excluding carboxylic acids is 1. The first-order valence-electron chi connectivity index (χ1n) is 10.2. The molecule has 3 rings (SSSR count). The fourth-order valence-corrected chi connectivity index (χ4v) is 4.17. The molecule has 4 nitrogen and oxygen atoms in total. The van der Waals surface area contributed by atoms with E-state index in [0.717, 1.165) is 32.2 Å². The normalized spacial score (nSPS) is 19.9. The van der Waals surface area contributed by atoms with Crippen LogP contribution in [0.2, 0.25) is 0 Å². The summed E-state index contributed by atoms with van der Waals surface area (Å²) in [6, 6.07) is 18.2. The van der Waals surface area contributed by atoms with Crippen molar-refractivity contribution in [1.82, 2.24) is 4.90 Å². The maximum absolute atomic E-state index is 13.4. The first kappa shape index (κ1) is 23.4. The molecule has 0 bridgehead atoms. The van der Waals surface area contributed by atoms with Gasteiger partial charge in [0.05, 0.1) is 0 Å². The van der Waals surface area contributed by atoms with Crippen LogP contribution in [0.3, 0.4) is 0 Å². The second-order valence-corrected chi connectivity index (χ2v) is 8.05. The van der Waals surface area contributed by atoms with E-state index in [1.807, 2.05) is 50.5 Å². The van der Waals surface area contributed by atoms with Gasteiger partial charge in [-0.3, -0.25) is 0 Å². The Balaban J connectivity index is 0.00000300. The second-order valence-electron chi connectivity index (χ2n) is 8.05. The van der Waals surface area contributed by atoms with Crippen molar-refractivity contribution in [2.75, 3.05) is 20.6 Å². The first-order chi connectivity index (χ1) is 13.5. The Morgan fingerprint density at radius 2 is 1.48 bits per heavy atom. The van der Waals surface area contributed by atoms with Gasteiger partial charge in [0.15, 0.2) is 0 Å². The molecule has 0 aliphatic heterocycles. The minimum atomic E-state index is -1.81. The van der Waals surface area contributed by atoms with Crippen molar-refractivity contribution in [2.24, 2.45) is 5.92 Å². The van der Waals surface area contributed by atoms with Gasteiger partial charge in [-0.25, -0.2) is 4.79 Å². The summed E-state index contributed by atoms with van der Waals surface area (Å²) in [6.45, 7) is 0.882. The quantitative estimate of drug-likeness (QED) is 0.559. The maximum Gasteiger partial charge on any atom is 0.347 e. The van der Waals surface area contributed by atoms with Gasteiger partial charge in [-0.05, 0) is 44.5 Å². The fourth-order valence-electron chi connectivity index (χ4n) is 4.17. The zero-order chi connectivity index (χ0) is 20.0. The summed E-state index contributed by atoms with van der Waals surface area (Å²) in [7, 11) is 4.10. The first-order valence-corrected chi connectivity index (χ1v) is 10.2. The van der Waals surface area contributed by atoms with Crippen LogP contribution >= 0.6 is 12.4 Å². The average Bonchev–Trinajstić information content (AvgIpc) is 2.93. The van der Waals surface area contributed by atoms with Gasteiger partial charge in [-0.2, -0.15) is 0 Å². The van der Waals surface area contributed by atoms with Gasteiger partial charge >= 0.3 is 5.97 Å². The molecular weight excluding hydrogens is 386 g/mol. The van der Waals surface area contributed by atoms with E-state index in [4.69, 9.17) is 4.74 Å². The summed E-state index contributed by atoms with van der Waals surface area (Å²) in [6.07, 6.45) is 5.11. The number of rotatable bonds is 6. The lowest BCUT2D eigenvalue weighted by Crippen LogP contribution is -2.43. The summed E-state index contributed by atoms with van der Waals surface area (Å²) in [5.41, 5.74) is -0.745. The number of aliphatic hydroxyl groups is 1. The molecule has 2 aromatic rings. The van der Waals surface area contributed by atoms with Crippen molar-refractivity contribution in [2.45, 2.75) is 43.8 Å². The van der Waals surface area contributed by atoms with E-state index in [1.165, 1.54) is 6.42 Å². The van der Waals surface area contributed by atoms with Crippen molar-refractivity contribution >= 4 is 18.4 Å². The van der Waals surface area contributed by atoms with E-state index in [1.54, 1.807) is 24.3 Å². The van der Waals surface area contributed by atoms with Crippen LogP contribution in [0.4, 0.5) is 0 Å². The highest BCUT2D eigenvalue weighted by Crippen LogP contribution is 2.34. The van der Waals surface area contributed by atoms with Crippen LogP contribution in [-0.2, 0) is 15.1 Å². The van der Waals surface area contributed by atoms with Crippen LogP contribution in [0, 0.1) is 5.92 Å². The Morgan fingerprint density at radius 3 is 2.00 bits per heavy atom. The summed E-state index contributed by atoms with van der Waals surface area (Å²) in [5, 5.41) is 11.6. The Kier molecular flexibility index (Phi) is 8.69. The minimum absolute atomic E-state index is 0. The molecule has 0 aromatic heterocycles. The van der Waals surface area contributed by atoms with Gasteiger partial charge in [0.2, 0.25) is 5.60 Å². The predicted molar refractivity (Wildman–Crippen MR) is 118 cm³/mol. The summed E-state index contributed by atoms with van der Waals surface area (Å²) < 4.78 is 6.04. The molecule has 0 heterocycles. The summed E-state index contributed by atoms with van der Waals surface area (Å²) in [5.74, 6) is -0.294. The molecule has 2 aromatic carbocycles. The second kappa shape index (κ2) is 10.8. The number of nitrogens with zero attached hydrogens (tertiary/aromatic N) is 1. The topological polar surface area (TPSA) is 49.8 Å². The lowest BCUT2D eigenvalue weighted by Gasteiger charge is -2.32. The Morgan fingerprint density at radius 1 is 0.966 bits per heavy atom. The third-order valence-corrected chi connectivity index (χ3v) is 5.63. The molecule has 1 N–H and O–H groups in total. The van der Waals surface area contributed by atoms with E-state index in [2.05, 4.69) is 4.90 Å². The van der Waals surface area contributed by atoms with Crippen molar-refractivity contribution in [1.29, 1.82) is 0 Å². The maximum atomic E-state index is 13.4. The number of halogens is 1. The highest BCUT2D eigenvalue weighted by atomic mass is 35.5. The number of esters is 1. The third-order valence-electron chi connectivity index (χ3n) is 5.63. The number of ether oxygens (including phenoxy) is 1. The average molecular weight is 418 g/mol. The smallest absolute Gasteiger partial charge is 0.347 e. The number of carbonyl (C=O) groups is 1. The minimum Gasteiger partial charge on any atom is -0.459 e. The molecule has 5 heteroatoms. The Labute approximate surface area is 180 Å². The lowest BCUT2D eigenvalue weighted by atomic mass is 9.86. The molecule has 0 spiro atoms. The fraction of sp³-hybridized carbons (Fsp3) is 0.458. The van der Waals surface area contributed by atoms with Crippen LogP contribution in [-0.4, -0.2) is 42.7 Å². The van der Waals surface area contributed by atoms with Gasteiger partial charge < -0.3 is 14.7 Å². The zero-order valence-corrected chi connectivity index (χ0v) is 18.1. The van der Waals surface area contributed by atoms with Crippen LogP contribution in [0.25, 0.3) is 0 Å². The highest BCUT2D eigenvalue weighted by Gasteiger charge is 2.43. The van der Waals surface area contributed by atoms with Crippen LogP contribution < -0.4 is 0 Å². The Bertz CT molecular complexity index is 712. The molecule has 1 aliphatic carbocycles. The van der Waals surface area contributed by atoms with Gasteiger partial charge in [-0.1, -0.05) is 73.5 Å². The molecule has 1 saturated carbocycles. The molecule has 1 aliphatic rings. The van der Waals surface area contributed by atoms with Gasteiger partial charge in [0.25, 0.3) is 0 Å². The predicted octanol–water partition coefficient (Wildman–Crippen LogP) is 4.40. The Hall–Kier alpha value is -1.88. The molecule has 0 saturated heterocycles. The van der Waals surface area contributed by atoms with E-state index >= 15 is 0 Å². The van der Waals surface area contributed by atoms with E-state index < -0.39 is 11.6 Å². The SMILES string of the molecule is CN(C)CC1CCCCCC1OC(=O)C(O)(c1ccccc1)c1ccccc1.Cl. The molecule has 1 fully saturated rings. The van der Waals surface area contributed by atoms with E-state index in [-0.39, 0.29) is 24.4 Å². The van der Waals surface area contributed by atoms with Gasteiger partial charge in [0.1, 0.15) is 6.10 Å². The zero-order valence-electron chi connectivity index (χ0n) is 17.3. The standard InChI is InChI=1S/C24H31NO3.ClH/c1-25(2)18-19-12-6-3-11-17-22(19)28-23(26)24(27,20-13-7-4-8-14-20)21-15-9-5-10-16-21;/h4-5,7-10,13-16,19,22,27H,3,6,11-12,17-18H2,1-2H3;1H. The summed E-state index contributed by atoms with van der Waals surface area (Å²) in [4.78, 5) is 15.5.